The van der Waals surface area contributed by atoms with E-state index < -0.39 is 11.7 Å². The van der Waals surface area contributed by atoms with Gasteiger partial charge in [-0.25, -0.2) is 15.2 Å². The van der Waals surface area contributed by atoms with Crippen LogP contribution < -0.4 is 16.6 Å². The standard InChI is InChI=1S/C12H17FN4OS/c1-12(4-2-6-19-12)7-16-11(18)8-3-5-15-10(17-14)9(8)13/h3,5H,2,4,6-7,14H2,1H3,(H,15,17)(H,16,18). The smallest absolute Gasteiger partial charge is 0.254 e. The molecule has 2 rings (SSSR count). The van der Waals surface area contributed by atoms with Crippen molar-refractivity contribution in [1.29, 1.82) is 0 Å². The number of rotatable bonds is 4. The predicted octanol–water partition coefficient (Wildman–Crippen LogP) is 1.52. The minimum Gasteiger partial charge on any atom is -0.351 e. The van der Waals surface area contributed by atoms with E-state index in [-0.39, 0.29) is 16.1 Å². The van der Waals surface area contributed by atoms with E-state index in [1.165, 1.54) is 12.3 Å². The van der Waals surface area contributed by atoms with Crippen LogP contribution in [0.4, 0.5) is 10.2 Å². The number of hydrogen-bond acceptors (Lipinski definition) is 5. The van der Waals surface area contributed by atoms with Crippen molar-refractivity contribution in [3.63, 3.8) is 0 Å². The number of carbonyl (C=O) groups excluding carboxylic acids is 1. The van der Waals surface area contributed by atoms with Gasteiger partial charge in [0, 0.05) is 17.5 Å². The van der Waals surface area contributed by atoms with Crippen LogP contribution in [0.2, 0.25) is 0 Å². The first-order chi connectivity index (χ1) is 9.06. The number of amides is 1. The van der Waals surface area contributed by atoms with E-state index in [0.29, 0.717) is 6.54 Å². The molecule has 104 valence electrons. The number of nitrogens with two attached hydrogens (primary N) is 1. The number of hydrogen-bond donors (Lipinski definition) is 3. The molecular weight excluding hydrogens is 267 g/mol. The van der Waals surface area contributed by atoms with Gasteiger partial charge in [0.15, 0.2) is 11.6 Å². The van der Waals surface area contributed by atoms with Crippen molar-refractivity contribution in [2.45, 2.75) is 24.5 Å². The molecule has 1 aliphatic rings. The summed E-state index contributed by atoms with van der Waals surface area (Å²) in [6, 6.07) is 1.34. The second-order valence-corrected chi connectivity index (χ2v) is 6.43. The summed E-state index contributed by atoms with van der Waals surface area (Å²) in [6.07, 6.45) is 3.56. The number of nitrogens with zero attached hydrogens (tertiary/aromatic N) is 1. The minimum absolute atomic E-state index is 0.0467. The van der Waals surface area contributed by atoms with Crippen molar-refractivity contribution in [3.8, 4) is 0 Å². The molecule has 1 aromatic rings. The Hall–Kier alpha value is -1.34. The third kappa shape index (κ3) is 3.16. The number of hydrazine groups is 1. The van der Waals surface area contributed by atoms with Crippen LogP contribution >= 0.6 is 11.8 Å². The van der Waals surface area contributed by atoms with Gasteiger partial charge in [0.25, 0.3) is 5.91 Å². The number of nitrogens with one attached hydrogen (secondary N) is 2. The second-order valence-electron chi connectivity index (χ2n) is 4.75. The van der Waals surface area contributed by atoms with Crippen LogP contribution in [0.5, 0.6) is 0 Å². The molecule has 0 bridgehead atoms. The zero-order chi connectivity index (χ0) is 13.9. The summed E-state index contributed by atoms with van der Waals surface area (Å²) in [5, 5.41) is 2.78. The van der Waals surface area contributed by atoms with Crippen LogP contribution in [-0.2, 0) is 0 Å². The first-order valence-corrected chi connectivity index (χ1v) is 7.07. The molecule has 7 heteroatoms. The number of anilines is 1. The first kappa shape index (κ1) is 14.1. The van der Waals surface area contributed by atoms with Gasteiger partial charge < -0.3 is 10.7 Å². The lowest BCUT2D eigenvalue weighted by molar-refractivity contribution is 0.0946. The number of pyridine rings is 1. The van der Waals surface area contributed by atoms with Crippen LogP contribution in [0.1, 0.15) is 30.1 Å². The minimum atomic E-state index is -0.730. The highest BCUT2D eigenvalue weighted by molar-refractivity contribution is 8.00. The quantitative estimate of drug-likeness (QED) is 0.577. The molecule has 0 radical (unpaired) electrons. The molecule has 1 saturated heterocycles. The molecule has 1 atom stereocenters. The maximum Gasteiger partial charge on any atom is 0.254 e. The zero-order valence-corrected chi connectivity index (χ0v) is 11.5. The van der Waals surface area contributed by atoms with Gasteiger partial charge in [-0.15, -0.1) is 0 Å². The van der Waals surface area contributed by atoms with Crippen LogP contribution in [0.25, 0.3) is 0 Å². The average Bonchev–Trinajstić information content (AvgIpc) is 2.84. The fraction of sp³-hybridized carbons (Fsp3) is 0.500. The molecule has 0 aliphatic carbocycles. The monoisotopic (exact) mass is 284 g/mol. The predicted molar refractivity (Wildman–Crippen MR) is 74.4 cm³/mol. The SMILES string of the molecule is CC1(CNC(=O)c2ccnc(NN)c2F)CCCS1. The summed E-state index contributed by atoms with van der Waals surface area (Å²) in [4.78, 5) is 15.7. The van der Waals surface area contributed by atoms with Gasteiger partial charge in [-0.05, 0) is 31.6 Å². The fourth-order valence-corrected chi connectivity index (χ4v) is 3.30. The zero-order valence-electron chi connectivity index (χ0n) is 10.7. The maximum atomic E-state index is 13.8. The number of halogens is 1. The number of thioether (sulfide) groups is 1. The molecule has 2 heterocycles. The summed E-state index contributed by atoms with van der Waals surface area (Å²) in [5.74, 6) is 4.94. The van der Waals surface area contributed by atoms with Crippen molar-refractivity contribution in [2.24, 2.45) is 5.84 Å². The Morgan fingerprint density at radius 3 is 3.11 bits per heavy atom. The van der Waals surface area contributed by atoms with Crippen LogP contribution in [0, 0.1) is 5.82 Å². The molecule has 1 amide bonds. The van der Waals surface area contributed by atoms with E-state index in [9.17, 15) is 9.18 Å². The van der Waals surface area contributed by atoms with Gasteiger partial charge in [0.1, 0.15) is 0 Å². The third-order valence-electron chi connectivity index (χ3n) is 3.19. The third-order valence-corrected chi connectivity index (χ3v) is 4.73. The summed E-state index contributed by atoms with van der Waals surface area (Å²) in [7, 11) is 0. The van der Waals surface area contributed by atoms with Gasteiger partial charge in [-0.2, -0.15) is 11.8 Å². The average molecular weight is 284 g/mol. The Morgan fingerprint density at radius 2 is 2.47 bits per heavy atom. The summed E-state index contributed by atoms with van der Waals surface area (Å²) in [6.45, 7) is 2.64. The molecule has 4 N–H and O–H groups in total. The Kier molecular flexibility index (Phi) is 4.26. The number of aromatic nitrogens is 1. The van der Waals surface area contributed by atoms with E-state index in [1.54, 1.807) is 0 Å². The molecule has 1 unspecified atom stereocenters. The largest absolute Gasteiger partial charge is 0.351 e. The topological polar surface area (TPSA) is 80.0 Å². The molecular formula is C12H17FN4OS. The fourth-order valence-electron chi connectivity index (χ4n) is 2.06. The first-order valence-electron chi connectivity index (χ1n) is 6.09. The summed E-state index contributed by atoms with van der Waals surface area (Å²) < 4.78 is 13.9. The van der Waals surface area contributed by atoms with Gasteiger partial charge in [0.05, 0.1) is 5.56 Å². The molecule has 1 aliphatic heterocycles. The van der Waals surface area contributed by atoms with Crippen molar-refractivity contribution < 1.29 is 9.18 Å². The molecule has 19 heavy (non-hydrogen) atoms. The van der Waals surface area contributed by atoms with E-state index in [0.717, 1.165) is 18.6 Å². The van der Waals surface area contributed by atoms with E-state index in [2.05, 4.69) is 22.7 Å². The Balaban J connectivity index is 2.04. The Bertz CT molecular complexity index is 477. The van der Waals surface area contributed by atoms with E-state index in [4.69, 9.17) is 5.84 Å². The lowest BCUT2D eigenvalue weighted by Crippen LogP contribution is -2.37. The van der Waals surface area contributed by atoms with Gasteiger partial charge >= 0.3 is 0 Å². The van der Waals surface area contributed by atoms with Gasteiger partial charge in [0.2, 0.25) is 0 Å². The normalized spacial score (nSPS) is 22.3. The molecule has 1 aromatic heterocycles. The molecule has 0 saturated carbocycles. The van der Waals surface area contributed by atoms with E-state index >= 15 is 0 Å². The van der Waals surface area contributed by atoms with Crippen LogP contribution in [-0.4, -0.2) is 27.9 Å². The Labute approximate surface area is 115 Å². The summed E-state index contributed by atoms with van der Waals surface area (Å²) in [5.41, 5.74) is 2.08. The van der Waals surface area contributed by atoms with Crippen LogP contribution in [0.15, 0.2) is 12.3 Å². The number of nitrogen functional groups attached to an aromatic ring is 1. The lowest BCUT2D eigenvalue weighted by Gasteiger charge is -2.22. The molecule has 1 fully saturated rings. The molecule has 5 nitrogen and oxygen atoms in total. The van der Waals surface area contributed by atoms with Crippen LogP contribution in [0.3, 0.4) is 0 Å². The van der Waals surface area contributed by atoms with Crippen molar-refractivity contribution >= 4 is 23.5 Å². The van der Waals surface area contributed by atoms with Crippen molar-refractivity contribution in [1.82, 2.24) is 10.3 Å². The van der Waals surface area contributed by atoms with Gasteiger partial charge in [-0.1, -0.05) is 0 Å². The summed E-state index contributed by atoms with van der Waals surface area (Å²) >= 11 is 1.84. The Morgan fingerprint density at radius 1 is 1.68 bits per heavy atom. The molecule has 0 aromatic carbocycles. The highest BCUT2D eigenvalue weighted by Gasteiger charge is 2.30. The highest BCUT2D eigenvalue weighted by Crippen LogP contribution is 2.37. The maximum absolute atomic E-state index is 13.8. The van der Waals surface area contributed by atoms with Gasteiger partial charge in [-0.3, -0.25) is 4.79 Å². The van der Waals surface area contributed by atoms with Crippen molar-refractivity contribution in [2.75, 3.05) is 17.7 Å². The van der Waals surface area contributed by atoms with E-state index in [1.807, 2.05) is 11.8 Å². The number of carbonyl (C=O) groups is 1. The lowest BCUT2D eigenvalue weighted by atomic mass is 10.1. The highest BCUT2D eigenvalue weighted by atomic mass is 32.2. The second kappa shape index (κ2) is 5.75. The van der Waals surface area contributed by atoms with Crippen molar-refractivity contribution in [3.05, 3.63) is 23.6 Å². The molecule has 0 spiro atoms.